The SMILES string of the molecule is CC[C@@H](N[C@H](C)CC(N)=O)c1ccc(Cl)c(C(=O)c2ccc(N)cn2)c1F. The van der Waals surface area contributed by atoms with E-state index in [1.807, 2.05) is 6.92 Å². The number of nitrogens with two attached hydrogens (primary N) is 2. The zero-order chi connectivity index (χ0) is 20.1. The fourth-order valence-corrected chi connectivity index (χ4v) is 3.08. The van der Waals surface area contributed by atoms with Crippen LogP contribution in [-0.2, 0) is 4.79 Å². The van der Waals surface area contributed by atoms with Crippen LogP contribution in [0.15, 0.2) is 30.5 Å². The van der Waals surface area contributed by atoms with Gasteiger partial charge in [-0.2, -0.15) is 0 Å². The minimum atomic E-state index is -0.711. The first kappa shape index (κ1) is 20.8. The maximum Gasteiger partial charge on any atom is 0.218 e. The number of aromatic nitrogens is 1. The van der Waals surface area contributed by atoms with Crippen molar-refractivity contribution in [2.24, 2.45) is 5.73 Å². The number of pyridine rings is 1. The molecule has 0 fully saturated rings. The molecule has 0 saturated carbocycles. The summed E-state index contributed by atoms with van der Waals surface area (Å²) < 4.78 is 15.2. The number of anilines is 1. The van der Waals surface area contributed by atoms with E-state index in [0.29, 0.717) is 12.1 Å². The van der Waals surface area contributed by atoms with Gasteiger partial charge in [0.1, 0.15) is 11.5 Å². The summed E-state index contributed by atoms with van der Waals surface area (Å²) >= 11 is 6.11. The average molecular weight is 393 g/mol. The molecule has 1 aromatic carbocycles. The Labute approximate surface area is 162 Å². The summed E-state index contributed by atoms with van der Waals surface area (Å²) in [5.41, 5.74) is 11.3. The molecule has 8 heteroatoms. The summed E-state index contributed by atoms with van der Waals surface area (Å²) in [6, 6.07) is 5.28. The lowest BCUT2D eigenvalue weighted by molar-refractivity contribution is -0.118. The number of carbonyl (C=O) groups is 2. The Hall–Kier alpha value is -2.51. The highest BCUT2D eigenvalue weighted by Gasteiger charge is 2.25. The van der Waals surface area contributed by atoms with Crippen molar-refractivity contribution >= 4 is 29.0 Å². The molecule has 0 radical (unpaired) electrons. The molecule has 1 aromatic heterocycles. The largest absolute Gasteiger partial charge is 0.397 e. The molecule has 2 rings (SSSR count). The van der Waals surface area contributed by atoms with E-state index in [1.165, 1.54) is 30.5 Å². The summed E-state index contributed by atoms with van der Waals surface area (Å²) in [7, 11) is 0. The molecule has 5 N–H and O–H groups in total. The normalized spacial score (nSPS) is 13.2. The van der Waals surface area contributed by atoms with Crippen molar-refractivity contribution in [1.29, 1.82) is 0 Å². The van der Waals surface area contributed by atoms with E-state index in [1.54, 1.807) is 6.92 Å². The van der Waals surface area contributed by atoms with Crippen molar-refractivity contribution in [2.45, 2.75) is 38.8 Å². The Bertz CT molecular complexity index is 842. The van der Waals surface area contributed by atoms with E-state index >= 15 is 4.39 Å². The summed E-state index contributed by atoms with van der Waals surface area (Å²) in [4.78, 5) is 27.7. The number of hydrogen-bond donors (Lipinski definition) is 3. The minimum Gasteiger partial charge on any atom is -0.397 e. The van der Waals surface area contributed by atoms with Gasteiger partial charge in [-0.1, -0.05) is 24.6 Å². The van der Waals surface area contributed by atoms with Gasteiger partial charge in [0.15, 0.2) is 0 Å². The van der Waals surface area contributed by atoms with Gasteiger partial charge in [-0.05, 0) is 31.5 Å². The molecule has 0 unspecified atom stereocenters. The number of halogens is 2. The van der Waals surface area contributed by atoms with Gasteiger partial charge in [0, 0.05) is 24.1 Å². The average Bonchev–Trinajstić information content (AvgIpc) is 2.60. The zero-order valence-electron chi connectivity index (χ0n) is 15.1. The number of nitrogens with one attached hydrogen (secondary N) is 1. The molecule has 27 heavy (non-hydrogen) atoms. The summed E-state index contributed by atoms with van der Waals surface area (Å²) in [6.45, 7) is 3.65. The molecule has 2 atom stereocenters. The second kappa shape index (κ2) is 8.92. The van der Waals surface area contributed by atoms with Crippen LogP contribution in [0.25, 0.3) is 0 Å². The molecule has 0 aliphatic rings. The number of nitrogens with zero attached hydrogens (tertiary/aromatic N) is 1. The van der Waals surface area contributed by atoms with Crippen LogP contribution in [0.2, 0.25) is 5.02 Å². The molecule has 0 bridgehead atoms. The number of rotatable bonds is 8. The molecule has 6 nitrogen and oxygen atoms in total. The first-order valence-corrected chi connectivity index (χ1v) is 8.90. The molecule has 0 saturated heterocycles. The van der Waals surface area contributed by atoms with Crippen LogP contribution in [0.3, 0.4) is 0 Å². The Morgan fingerprint density at radius 1 is 1.30 bits per heavy atom. The molecule has 1 amide bonds. The highest BCUT2D eigenvalue weighted by atomic mass is 35.5. The van der Waals surface area contributed by atoms with Crippen LogP contribution in [0.5, 0.6) is 0 Å². The number of amides is 1. The molecule has 0 spiro atoms. The number of primary amides is 1. The van der Waals surface area contributed by atoms with E-state index in [0.717, 1.165) is 0 Å². The maximum atomic E-state index is 15.2. The van der Waals surface area contributed by atoms with Crippen molar-refractivity contribution in [3.8, 4) is 0 Å². The van der Waals surface area contributed by atoms with Gasteiger partial charge < -0.3 is 16.8 Å². The summed E-state index contributed by atoms with van der Waals surface area (Å²) in [6.07, 6.45) is 1.98. The quantitative estimate of drug-likeness (QED) is 0.598. The van der Waals surface area contributed by atoms with Crippen molar-refractivity contribution in [3.05, 3.63) is 58.1 Å². The van der Waals surface area contributed by atoms with Crippen LogP contribution in [-0.4, -0.2) is 22.7 Å². The maximum absolute atomic E-state index is 15.2. The number of benzene rings is 1. The van der Waals surface area contributed by atoms with Crippen LogP contribution >= 0.6 is 11.6 Å². The highest BCUT2D eigenvalue weighted by molar-refractivity contribution is 6.35. The third kappa shape index (κ3) is 5.02. The fraction of sp³-hybridized carbons (Fsp3) is 0.316. The Kier molecular flexibility index (Phi) is 6.87. The predicted molar refractivity (Wildman–Crippen MR) is 103 cm³/mol. The van der Waals surface area contributed by atoms with Gasteiger partial charge >= 0.3 is 0 Å². The second-order valence-electron chi connectivity index (χ2n) is 6.33. The molecule has 0 aliphatic heterocycles. The lowest BCUT2D eigenvalue weighted by Crippen LogP contribution is -2.34. The van der Waals surface area contributed by atoms with Crippen LogP contribution in [0.1, 0.15) is 54.3 Å². The molecular formula is C19H22ClFN4O2. The van der Waals surface area contributed by atoms with Crippen LogP contribution in [0, 0.1) is 5.82 Å². The molecule has 144 valence electrons. The van der Waals surface area contributed by atoms with Gasteiger partial charge in [0.05, 0.1) is 22.5 Å². The Morgan fingerprint density at radius 3 is 2.56 bits per heavy atom. The minimum absolute atomic E-state index is 0.0000810. The molecule has 0 aliphatic carbocycles. The van der Waals surface area contributed by atoms with Crippen molar-refractivity contribution in [3.63, 3.8) is 0 Å². The Balaban J connectivity index is 2.39. The molecule has 2 aromatic rings. The lowest BCUT2D eigenvalue weighted by atomic mass is 9.97. The second-order valence-corrected chi connectivity index (χ2v) is 6.74. The van der Waals surface area contributed by atoms with Crippen molar-refractivity contribution < 1.29 is 14.0 Å². The summed E-state index contributed by atoms with van der Waals surface area (Å²) in [5, 5.41) is 3.16. The third-order valence-corrected chi connectivity index (χ3v) is 4.46. The standard InChI is InChI=1S/C19H22ClFN4O2/c1-3-14(25-10(2)8-16(23)26)12-5-6-13(20)17(18(12)21)19(27)15-7-4-11(22)9-24-15/h4-7,9-10,14,25H,3,8,22H2,1-2H3,(H2,23,26)/t10-,14-/m1/s1. The lowest BCUT2D eigenvalue weighted by Gasteiger charge is -2.23. The van der Waals surface area contributed by atoms with E-state index in [4.69, 9.17) is 23.1 Å². The fourth-order valence-electron chi connectivity index (χ4n) is 2.85. The van der Waals surface area contributed by atoms with Gasteiger partial charge in [-0.3, -0.25) is 14.6 Å². The predicted octanol–water partition coefficient (Wildman–Crippen LogP) is 2.99. The summed E-state index contributed by atoms with van der Waals surface area (Å²) in [5.74, 6) is -1.79. The van der Waals surface area contributed by atoms with Gasteiger partial charge in [-0.25, -0.2) is 4.39 Å². The monoisotopic (exact) mass is 392 g/mol. The first-order valence-electron chi connectivity index (χ1n) is 8.53. The van der Waals surface area contributed by atoms with Crippen molar-refractivity contribution in [1.82, 2.24) is 10.3 Å². The van der Waals surface area contributed by atoms with E-state index in [2.05, 4.69) is 10.3 Å². The van der Waals surface area contributed by atoms with Gasteiger partial charge in [0.25, 0.3) is 0 Å². The van der Waals surface area contributed by atoms with Crippen LogP contribution < -0.4 is 16.8 Å². The van der Waals surface area contributed by atoms with Gasteiger partial charge in [0.2, 0.25) is 11.7 Å². The number of carbonyl (C=O) groups excluding carboxylic acids is 2. The van der Waals surface area contributed by atoms with E-state index in [-0.39, 0.29) is 34.3 Å². The highest BCUT2D eigenvalue weighted by Crippen LogP contribution is 2.29. The molecule has 1 heterocycles. The number of nitrogen functional groups attached to an aromatic ring is 1. The third-order valence-electron chi connectivity index (χ3n) is 4.14. The van der Waals surface area contributed by atoms with E-state index < -0.39 is 23.5 Å². The zero-order valence-corrected chi connectivity index (χ0v) is 15.9. The first-order chi connectivity index (χ1) is 12.7. The Morgan fingerprint density at radius 2 is 2.00 bits per heavy atom. The smallest absolute Gasteiger partial charge is 0.218 e. The van der Waals surface area contributed by atoms with Gasteiger partial charge in [-0.15, -0.1) is 0 Å². The molecular weight excluding hydrogens is 371 g/mol. The van der Waals surface area contributed by atoms with Crippen molar-refractivity contribution in [2.75, 3.05) is 5.73 Å². The van der Waals surface area contributed by atoms with Crippen LogP contribution in [0.4, 0.5) is 10.1 Å². The number of ketones is 1. The number of hydrogen-bond acceptors (Lipinski definition) is 5. The van der Waals surface area contributed by atoms with E-state index in [9.17, 15) is 9.59 Å². The topological polar surface area (TPSA) is 111 Å².